The molecule has 0 bridgehead atoms. The molecule has 0 atom stereocenters. The molecule has 0 N–H and O–H groups in total. The van der Waals surface area contributed by atoms with Crippen LogP contribution in [0.25, 0.3) is 20.8 Å². The van der Waals surface area contributed by atoms with E-state index in [1.807, 2.05) is 30.8 Å². The molecular formula is C15H12F3N2S+. The van der Waals surface area contributed by atoms with Crippen LogP contribution in [-0.2, 0) is 6.18 Å². The highest BCUT2D eigenvalue weighted by molar-refractivity contribution is 7.21. The Morgan fingerprint density at radius 1 is 1.10 bits per heavy atom. The minimum absolute atomic E-state index is 0.0140. The Hall–Kier alpha value is -1.95. The molecule has 0 amide bonds. The van der Waals surface area contributed by atoms with Gasteiger partial charge in [0.15, 0.2) is 0 Å². The third-order valence-corrected chi connectivity index (χ3v) is 4.31. The van der Waals surface area contributed by atoms with Gasteiger partial charge in [-0.2, -0.15) is 13.2 Å². The van der Waals surface area contributed by atoms with Crippen molar-refractivity contribution in [3.8, 4) is 10.6 Å². The van der Waals surface area contributed by atoms with E-state index >= 15 is 0 Å². The molecule has 2 nitrogen and oxygen atoms in total. The fourth-order valence-electron chi connectivity index (χ4n) is 2.14. The predicted molar refractivity (Wildman–Crippen MR) is 78.4 cm³/mol. The Balaban J connectivity index is 2.39. The lowest BCUT2D eigenvalue weighted by molar-refractivity contribution is -0.136. The van der Waals surface area contributed by atoms with E-state index in [1.54, 1.807) is 12.1 Å². The highest BCUT2D eigenvalue weighted by Crippen LogP contribution is 2.37. The number of hydrogen-bond acceptors (Lipinski definition) is 2. The Bertz CT molecular complexity index is 861. The van der Waals surface area contributed by atoms with Crippen molar-refractivity contribution in [3.05, 3.63) is 47.3 Å². The Morgan fingerprint density at radius 2 is 1.86 bits per heavy atom. The lowest BCUT2D eigenvalue weighted by Gasteiger charge is -2.11. The minimum atomic E-state index is -4.39. The highest BCUT2D eigenvalue weighted by atomic mass is 32.1. The Kier molecular flexibility index (Phi) is 3.20. The summed E-state index contributed by atoms with van der Waals surface area (Å²) in [6, 6.07) is 9.71. The maximum absolute atomic E-state index is 13.0. The highest BCUT2D eigenvalue weighted by Gasteiger charge is 2.33. The standard InChI is InChI=1S/C15H12F3N2S/c1-20(2)9-6-7-11-13(8-9)21-12-5-3-4-10(14(12)19-11)15(16,17)18/h3-8H,1-2H3/q+1. The number of aromatic nitrogens is 1. The summed E-state index contributed by atoms with van der Waals surface area (Å²) < 4.78 is 41.6. The van der Waals surface area contributed by atoms with Gasteiger partial charge >= 0.3 is 6.18 Å². The number of para-hydroxylation sites is 1. The molecule has 0 radical (unpaired) electrons. The van der Waals surface area contributed by atoms with Gasteiger partial charge in [0.25, 0.3) is 0 Å². The van der Waals surface area contributed by atoms with Crippen LogP contribution >= 0.6 is 11.3 Å². The van der Waals surface area contributed by atoms with Crippen LogP contribution < -0.4 is 9.93 Å². The van der Waals surface area contributed by atoms with E-state index in [9.17, 15) is 13.2 Å². The van der Waals surface area contributed by atoms with E-state index in [-0.39, 0.29) is 5.52 Å². The largest absolute Gasteiger partial charge is 0.418 e. The summed E-state index contributed by atoms with van der Waals surface area (Å²) >= 11 is 1.32. The van der Waals surface area contributed by atoms with Gasteiger partial charge in [0, 0.05) is 12.1 Å². The summed E-state index contributed by atoms with van der Waals surface area (Å²) in [5, 5.41) is 0.992. The summed E-state index contributed by atoms with van der Waals surface area (Å²) in [6.07, 6.45) is -4.39. The van der Waals surface area contributed by atoms with Crippen LogP contribution in [0.4, 0.5) is 13.2 Å². The van der Waals surface area contributed by atoms with E-state index in [4.69, 9.17) is 0 Å². The van der Waals surface area contributed by atoms with Gasteiger partial charge in [-0.3, -0.25) is 0 Å². The second kappa shape index (κ2) is 4.80. The van der Waals surface area contributed by atoms with Crippen molar-refractivity contribution < 1.29 is 13.2 Å². The zero-order valence-electron chi connectivity index (χ0n) is 11.4. The zero-order valence-corrected chi connectivity index (χ0v) is 12.2. The van der Waals surface area contributed by atoms with Crippen LogP contribution in [0.5, 0.6) is 0 Å². The molecule has 0 saturated carbocycles. The van der Waals surface area contributed by atoms with E-state index in [2.05, 4.69) is 4.98 Å². The lowest BCUT2D eigenvalue weighted by Crippen LogP contribution is -2.21. The smallest absolute Gasteiger partial charge is 0.245 e. The fourth-order valence-corrected chi connectivity index (χ4v) is 3.18. The average molecular weight is 309 g/mol. The van der Waals surface area contributed by atoms with Crippen molar-refractivity contribution in [1.29, 1.82) is 0 Å². The Labute approximate surface area is 123 Å². The number of nitrogens with zero attached hydrogens (tertiary/aromatic N) is 2. The summed E-state index contributed by atoms with van der Waals surface area (Å²) in [4.78, 5) is 5.08. The number of rotatable bonds is 0. The zero-order chi connectivity index (χ0) is 15.2. The van der Waals surface area contributed by atoms with Crippen molar-refractivity contribution in [2.45, 2.75) is 6.18 Å². The average Bonchev–Trinajstić information content (AvgIpc) is 2.42. The summed E-state index contributed by atoms with van der Waals surface area (Å²) in [6.45, 7) is 0. The van der Waals surface area contributed by atoms with Crippen molar-refractivity contribution >= 4 is 21.6 Å². The van der Waals surface area contributed by atoms with Crippen LogP contribution in [0.15, 0.2) is 36.4 Å². The van der Waals surface area contributed by atoms with Crippen LogP contribution in [0.2, 0.25) is 0 Å². The van der Waals surface area contributed by atoms with Crippen LogP contribution in [0, 0.1) is 0 Å². The van der Waals surface area contributed by atoms with Gasteiger partial charge in [-0.15, -0.1) is 11.3 Å². The predicted octanol–water partition coefficient (Wildman–Crippen LogP) is 3.45. The first-order valence-corrected chi connectivity index (χ1v) is 7.09. The first kappa shape index (κ1) is 14.0. The topological polar surface area (TPSA) is 15.9 Å². The van der Waals surface area contributed by atoms with Gasteiger partial charge in [-0.05, 0) is 18.2 Å². The number of hydrogen-bond donors (Lipinski definition) is 0. The molecule has 0 fully saturated rings. The molecule has 1 aromatic rings. The van der Waals surface area contributed by atoms with E-state index in [0.717, 1.165) is 16.3 Å². The monoisotopic (exact) mass is 309 g/mol. The molecule has 21 heavy (non-hydrogen) atoms. The third-order valence-electron chi connectivity index (χ3n) is 3.22. The van der Waals surface area contributed by atoms with E-state index in [0.29, 0.717) is 10.4 Å². The molecule has 108 valence electrons. The molecule has 0 spiro atoms. The Morgan fingerprint density at radius 3 is 2.52 bits per heavy atom. The van der Waals surface area contributed by atoms with E-state index < -0.39 is 11.7 Å². The lowest BCUT2D eigenvalue weighted by atomic mass is 10.2. The minimum Gasteiger partial charge on any atom is -0.245 e. The van der Waals surface area contributed by atoms with Crippen molar-refractivity contribution in [1.82, 2.24) is 9.56 Å². The maximum atomic E-state index is 13.0. The third kappa shape index (κ3) is 2.51. The van der Waals surface area contributed by atoms with Crippen LogP contribution in [-0.4, -0.2) is 19.1 Å². The van der Waals surface area contributed by atoms with Crippen LogP contribution in [0.3, 0.4) is 0 Å². The summed E-state index contributed by atoms with van der Waals surface area (Å²) in [5.74, 6) is 0. The molecule has 0 unspecified atom stereocenters. The van der Waals surface area contributed by atoms with Crippen LogP contribution in [0.1, 0.15) is 5.56 Å². The van der Waals surface area contributed by atoms with Gasteiger partial charge in [0.05, 0.1) is 26.4 Å². The van der Waals surface area contributed by atoms with Gasteiger partial charge in [-0.25, -0.2) is 9.56 Å². The molecule has 0 aromatic heterocycles. The maximum Gasteiger partial charge on any atom is 0.418 e. The molecule has 0 saturated heterocycles. The van der Waals surface area contributed by atoms with Gasteiger partial charge < -0.3 is 0 Å². The number of halogens is 3. The van der Waals surface area contributed by atoms with Crippen molar-refractivity contribution in [2.24, 2.45) is 0 Å². The molecule has 2 aliphatic rings. The van der Waals surface area contributed by atoms with Crippen molar-refractivity contribution in [2.75, 3.05) is 14.1 Å². The normalized spacial score (nSPS) is 12.0. The van der Waals surface area contributed by atoms with Gasteiger partial charge in [-0.1, -0.05) is 6.07 Å². The second-order valence-corrected chi connectivity index (χ2v) is 5.99. The SMILES string of the molecule is C[N+](C)=c1ccc2nc3c(C(F)(F)F)cccc3sc-2c1. The quantitative estimate of drug-likeness (QED) is 0.459. The first-order chi connectivity index (χ1) is 9.86. The fraction of sp³-hybridized carbons (Fsp3) is 0.200. The summed E-state index contributed by atoms with van der Waals surface area (Å²) in [5.41, 5.74) is -0.0928. The van der Waals surface area contributed by atoms with Gasteiger partial charge in [0.2, 0.25) is 5.36 Å². The molecular weight excluding hydrogens is 297 g/mol. The van der Waals surface area contributed by atoms with Crippen molar-refractivity contribution in [3.63, 3.8) is 0 Å². The molecule has 1 aromatic carbocycles. The summed E-state index contributed by atoms with van der Waals surface area (Å²) in [7, 11) is 3.84. The molecule has 1 aliphatic carbocycles. The van der Waals surface area contributed by atoms with E-state index in [1.165, 1.54) is 17.4 Å². The molecule has 1 heterocycles. The number of benzene rings is 2. The van der Waals surface area contributed by atoms with Gasteiger partial charge in [0.1, 0.15) is 14.1 Å². The first-order valence-electron chi connectivity index (χ1n) is 6.27. The molecule has 6 heteroatoms. The molecule has 1 aliphatic heterocycles. The number of alkyl halides is 3. The molecule has 3 rings (SSSR count). The number of fused-ring (bicyclic) bond motifs is 2. The second-order valence-electron chi connectivity index (χ2n) is 4.91.